The predicted octanol–water partition coefficient (Wildman–Crippen LogP) is 2.01. The highest BCUT2D eigenvalue weighted by Crippen LogP contribution is 2.37. The van der Waals surface area contributed by atoms with Crippen LogP contribution in [-0.2, 0) is 11.3 Å². The Bertz CT molecular complexity index is 1020. The van der Waals surface area contributed by atoms with E-state index in [1.807, 2.05) is 24.3 Å². The zero-order valence-electron chi connectivity index (χ0n) is 18.8. The molecule has 2 aromatic rings. The van der Waals surface area contributed by atoms with Gasteiger partial charge in [0.25, 0.3) is 5.24 Å². The van der Waals surface area contributed by atoms with Crippen LogP contribution < -0.4 is 36.2 Å². The molecule has 0 spiro atoms. The van der Waals surface area contributed by atoms with Gasteiger partial charge in [-0.3, -0.25) is 9.59 Å². The van der Waals surface area contributed by atoms with E-state index in [1.54, 1.807) is 7.11 Å². The van der Waals surface area contributed by atoms with E-state index in [0.29, 0.717) is 30.7 Å². The number of anilines is 4. The number of amides is 2. The number of rotatable bonds is 9. The molecule has 3 heterocycles. The summed E-state index contributed by atoms with van der Waals surface area (Å²) in [4.78, 5) is 34.9. The Morgan fingerprint density at radius 1 is 1.27 bits per heavy atom. The van der Waals surface area contributed by atoms with Gasteiger partial charge >= 0.3 is 0 Å². The summed E-state index contributed by atoms with van der Waals surface area (Å²) in [6.45, 7) is 5.56. The quantitative estimate of drug-likeness (QED) is 0.345. The van der Waals surface area contributed by atoms with Crippen molar-refractivity contribution >= 4 is 46.2 Å². The Hall–Kier alpha value is -3.41. The molecule has 2 aliphatic rings. The normalized spacial score (nSPS) is 16.8. The van der Waals surface area contributed by atoms with E-state index in [1.165, 1.54) is 0 Å². The maximum absolute atomic E-state index is 12.2. The molecule has 1 unspecified atom stereocenters. The van der Waals surface area contributed by atoms with E-state index < -0.39 is 6.04 Å². The maximum Gasteiger partial charge on any atom is 0.279 e. The van der Waals surface area contributed by atoms with E-state index in [4.69, 9.17) is 4.74 Å². The molecule has 1 atom stereocenters. The molecule has 2 aliphatic heterocycles. The van der Waals surface area contributed by atoms with Crippen molar-refractivity contribution < 1.29 is 14.3 Å². The lowest BCUT2D eigenvalue weighted by Crippen LogP contribution is -2.44. The number of carbonyl (C=O) groups excluding carboxylic acids is 2. The fraction of sp³-hybridized carbons (Fsp3) is 0.429. The average molecular weight is 473 g/mol. The summed E-state index contributed by atoms with van der Waals surface area (Å²) in [5, 5.41) is 15.0. The summed E-state index contributed by atoms with van der Waals surface area (Å²) in [6, 6.07) is 7.56. The van der Waals surface area contributed by atoms with Crippen LogP contribution in [0.2, 0.25) is 0 Å². The highest BCUT2D eigenvalue weighted by Gasteiger charge is 2.29. The first-order valence-corrected chi connectivity index (χ1v) is 11.7. The summed E-state index contributed by atoms with van der Waals surface area (Å²) in [5.41, 5.74) is 1.93. The van der Waals surface area contributed by atoms with Crippen LogP contribution in [0.15, 0.2) is 24.3 Å². The number of benzene rings is 1. The van der Waals surface area contributed by atoms with Crippen LogP contribution in [0.1, 0.15) is 19.4 Å². The van der Waals surface area contributed by atoms with Crippen molar-refractivity contribution in [1.82, 2.24) is 20.6 Å². The molecule has 5 N–H and O–H groups in total. The minimum absolute atomic E-state index is 0.141. The minimum atomic E-state index is -0.521. The number of nitrogens with one attached hydrogen (secondary N) is 5. The molecular weight excluding hydrogens is 444 g/mol. The highest BCUT2D eigenvalue weighted by molar-refractivity contribution is 8.14. The molecule has 11 nitrogen and oxygen atoms in total. The van der Waals surface area contributed by atoms with Gasteiger partial charge in [-0.25, -0.2) is 0 Å². The monoisotopic (exact) mass is 472 g/mol. The molecule has 0 bridgehead atoms. The van der Waals surface area contributed by atoms with Crippen molar-refractivity contribution in [3.05, 3.63) is 29.8 Å². The van der Waals surface area contributed by atoms with Gasteiger partial charge in [0.15, 0.2) is 11.6 Å². The molecule has 176 valence electrons. The number of fused-ring (bicyclic) bond motifs is 1. The zero-order valence-corrected chi connectivity index (χ0v) is 19.6. The van der Waals surface area contributed by atoms with E-state index in [0.717, 1.165) is 34.6 Å². The molecule has 1 saturated heterocycles. The maximum atomic E-state index is 12.2. The molecule has 1 aromatic heterocycles. The number of nitrogens with zero attached hydrogens (tertiary/aromatic N) is 3. The highest BCUT2D eigenvalue weighted by atomic mass is 32.2. The average Bonchev–Trinajstić information content (AvgIpc) is 3.44. The van der Waals surface area contributed by atoms with E-state index in [2.05, 4.69) is 55.3 Å². The number of hydrogen-bond donors (Lipinski definition) is 5. The lowest BCUT2D eigenvalue weighted by Gasteiger charge is -2.22. The fourth-order valence-electron chi connectivity index (χ4n) is 3.48. The largest absolute Gasteiger partial charge is 0.497 e. The summed E-state index contributed by atoms with van der Waals surface area (Å²) in [7, 11) is 1.64. The Morgan fingerprint density at radius 2 is 2.06 bits per heavy atom. The Kier molecular flexibility index (Phi) is 6.92. The molecule has 2 amide bonds. The van der Waals surface area contributed by atoms with Crippen LogP contribution in [0, 0.1) is 0 Å². The number of ether oxygens (including phenoxy) is 1. The van der Waals surface area contributed by atoms with Crippen molar-refractivity contribution in [3.63, 3.8) is 0 Å². The van der Waals surface area contributed by atoms with Crippen LogP contribution in [0.3, 0.4) is 0 Å². The summed E-state index contributed by atoms with van der Waals surface area (Å²) >= 11 is 1.10. The van der Waals surface area contributed by atoms with Gasteiger partial charge in [-0.05, 0) is 31.5 Å². The van der Waals surface area contributed by atoms with Crippen LogP contribution in [0.4, 0.5) is 28.1 Å². The van der Waals surface area contributed by atoms with Gasteiger partial charge in [-0.2, -0.15) is 9.97 Å². The number of aromatic nitrogens is 2. The predicted molar refractivity (Wildman–Crippen MR) is 130 cm³/mol. The SMILES string of the molecule is COc1ccc(CNc2nc(NCNC(=O)C3CSC(=O)N3)nc3c2NCN3C(C)C)cc1. The van der Waals surface area contributed by atoms with Crippen molar-refractivity contribution in [2.75, 3.05) is 47.1 Å². The fourth-order valence-corrected chi connectivity index (χ4v) is 4.26. The number of thioether (sulfide) groups is 1. The van der Waals surface area contributed by atoms with Gasteiger partial charge in [-0.1, -0.05) is 23.9 Å². The number of methoxy groups -OCH3 is 1. The lowest BCUT2D eigenvalue weighted by molar-refractivity contribution is -0.122. The summed E-state index contributed by atoms with van der Waals surface area (Å²) < 4.78 is 5.22. The lowest BCUT2D eigenvalue weighted by atomic mass is 10.2. The second-order valence-electron chi connectivity index (χ2n) is 7.88. The van der Waals surface area contributed by atoms with E-state index >= 15 is 0 Å². The Labute approximate surface area is 196 Å². The first-order chi connectivity index (χ1) is 15.9. The van der Waals surface area contributed by atoms with Gasteiger partial charge in [-0.15, -0.1) is 0 Å². The minimum Gasteiger partial charge on any atom is -0.497 e. The molecule has 1 fully saturated rings. The molecule has 12 heteroatoms. The second kappa shape index (κ2) is 10.0. The van der Waals surface area contributed by atoms with Crippen molar-refractivity contribution in [3.8, 4) is 5.75 Å². The van der Waals surface area contributed by atoms with E-state index in [-0.39, 0.29) is 23.9 Å². The first kappa shape index (κ1) is 22.8. The first-order valence-electron chi connectivity index (χ1n) is 10.7. The number of hydrogen-bond acceptors (Lipinski definition) is 10. The third-order valence-electron chi connectivity index (χ3n) is 5.33. The van der Waals surface area contributed by atoms with Gasteiger partial charge in [0.2, 0.25) is 11.9 Å². The summed E-state index contributed by atoms with van der Waals surface area (Å²) in [5.74, 6) is 2.85. The molecule has 0 radical (unpaired) electrons. The molecule has 0 saturated carbocycles. The smallest absolute Gasteiger partial charge is 0.279 e. The van der Waals surface area contributed by atoms with Crippen LogP contribution in [0.5, 0.6) is 5.75 Å². The Morgan fingerprint density at radius 3 is 2.73 bits per heavy atom. The third kappa shape index (κ3) is 5.33. The summed E-state index contributed by atoms with van der Waals surface area (Å²) in [6.07, 6.45) is 0. The Balaban J connectivity index is 1.45. The molecule has 1 aromatic carbocycles. The van der Waals surface area contributed by atoms with Gasteiger partial charge in [0.05, 0.1) is 20.4 Å². The van der Waals surface area contributed by atoms with E-state index in [9.17, 15) is 9.59 Å². The molecule has 0 aliphatic carbocycles. The molecule has 4 rings (SSSR count). The van der Waals surface area contributed by atoms with Crippen LogP contribution >= 0.6 is 11.8 Å². The van der Waals surface area contributed by atoms with Crippen molar-refractivity contribution in [2.45, 2.75) is 32.5 Å². The van der Waals surface area contributed by atoms with Crippen LogP contribution in [-0.4, -0.2) is 59.4 Å². The molecule has 33 heavy (non-hydrogen) atoms. The van der Waals surface area contributed by atoms with Crippen molar-refractivity contribution in [1.29, 1.82) is 0 Å². The third-order valence-corrected chi connectivity index (χ3v) is 6.21. The standard InChI is InChI=1S/C21H28N8O3S/c1-12(2)29-11-25-16-17(22-8-13-4-6-14(32-3)7-5-13)27-20(28-18(16)29)24-10-23-19(30)15-9-33-21(31)26-15/h4-7,12,15,25H,8-11H2,1-3H3,(H,23,30)(H,26,31)(H2,22,24,27,28). The number of carbonyl (C=O) groups is 2. The zero-order chi connectivity index (χ0) is 23.4. The van der Waals surface area contributed by atoms with Crippen LogP contribution in [0.25, 0.3) is 0 Å². The van der Waals surface area contributed by atoms with Gasteiger partial charge in [0, 0.05) is 18.3 Å². The second-order valence-corrected chi connectivity index (χ2v) is 8.88. The van der Waals surface area contributed by atoms with Crippen molar-refractivity contribution in [2.24, 2.45) is 0 Å². The van der Waals surface area contributed by atoms with Gasteiger partial charge < -0.3 is 36.2 Å². The molecular formula is C21H28N8O3S. The van der Waals surface area contributed by atoms with Gasteiger partial charge in [0.1, 0.15) is 17.5 Å². The topological polar surface area (TPSA) is 133 Å².